The van der Waals surface area contributed by atoms with Gasteiger partial charge in [-0.15, -0.1) is 0 Å². The summed E-state index contributed by atoms with van der Waals surface area (Å²) in [7, 11) is 0. The van der Waals surface area contributed by atoms with Crippen molar-refractivity contribution in [1.29, 1.82) is 0 Å². The van der Waals surface area contributed by atoms with Crippen LogP contribution in [0.5, 0.6) is 0 Å². The van der Waals surface area contributed by atoms with Crippen LogP contribution in [0.3, 0.4) is 0 Å². The Kier molecular flexibility index (Phi) is 4.06. The predicted octanol–water partition coefficient (Wildman–Crippen LogP) is 4.30. The van der Waals surface area contributed by atoms with E-state index < -0.39 is 0 Å². The predicted molar refractivity (Wildman–Crippen MR) is 82.0 cm³/mol. The van der Waals surface area contributed by atoms with Gasteiger partial charge < -0.3 is 5.73 Å². The highest BCUT2D eigenvalue weighted by Gasteiger charge is 2.32. The van der Waals surface area contributed by atoms with Gasteiger partial charge in [0.1, 0.15) is 0 Å². The first-order valence-electron chi connectivity index (χ1n) is 6.89. The summed E-state index contributed by atoms with van der Waals surface area (Å²) in [6.45, 7) is 6.79. The normalized spacial score (nSPS) is 14.9. The summed E-state index contributed by atoms with van der Waals surface area (Å²) in [5, 5.41) is 0. The summed E-state index contributed by atoms with van der Waals surface area (Å²) in [6.07, 6.45) is 0. The van der Waals surface area contributed by atoms with Gasteiger partial charge in [0.25, 0.3) is 0 Å². The summed E-state index contributed by atoms with van der Waals surface area (Å²) in [4.78, 5) is 0. The number of nitrogens with two attached hydrogens (primary N) is 1. The minimum absolute atomic E-state index is 0.0521. The molecule has 0 radical (unpaired) electrons. The molecule has 0 fully saturated rings. The summed E-state index contributed by atoms with van der Waals surface area (Å²) < 4.78 is 0. The van der Waals surface area contributed by atoms with E-state index in [0.29, 0.717) is 5.92 Å². The molecule has 2 aromatic rings. The fourth-order valence-corrected chi connectivity index (χ4v) is 2.54. The molecule has 0 saturated carbocycles. The topological polar surface area (TPSA) is 26.0 Å². The molecule has 19 heavy (non-hydrogen) atoms. The SMILES string of the molecule is CC(C(N)c1ccccc1)C(C)(C)c1ccccc1. The van der Waals surface area contributed by atoms with Gasteiger partial charge in [-0.1, -0.05) is 81.4 Å². The van der Waals surface area contributed by atoms with Crippen LogP contribution in [0.15, 0.2) is 60.7 Å². The molecule has 0 bridgehead atoms. The van der Waals surface area contributed by atoms with Gasteiger partial charge in [0.15, 0.2) is 0 Å². The largest absolute Gasteiger partial charge is 0.324 e. The van der Waals surface area contributed by atoms with E-state index in [1.54, 1.807) is 0 Å². The van der Waals surface area contributed by atoms with Crippen LogP contribution >= 0.6 is 0 Å². The lowest BCUT2D eigenvalue weighted by Gasteiger charge is -2.36. The maximum Gasteiger partial charge on any atom is 0.0329 e. The van der Waals surface area contributed by atoms with Crippen LogP contribution in [-0.4, -0.2) is 0 Å². The van der Waals surface area contributed by atoms with Gasteiger partial charge in [-0.05, 0) is 22.5 Å². The standard InChI is InChI=1S/C18H23N/c1-14(17(19)15-10-6-4-7-11-15)18(2,3)16-12-8-5-9-13-16/h4-14,17H,19H2,1-3H3. The Morgan fingerprint density at radius 2 is 1.32 bits per heavy atom. The molecule has 100 valence electrons. The molecule has 0 spiro atoms. The summed E-state index contributed by atoms with van der Waals surface area (Å²) in [5.74, 6) is 0.359. The average molecular weight is 253 g/mol. The third-order valence-corrected chi connectivity index (χ3v) is 4.38. The molecule has 0 aliphatic carbocycles. The maximum absolute atomic E-state index is 6.46. The van der Waals surface area contributed by atoms with E-state index >= 15 is 0 Å². The first kappa shape index (κ1) is 13.8. The fraction of sp³-hybridized carbons (Fsp3) is 0.333. The Bertz CT molecular complexity index is 502. The lowest BCUT2D eigenvalue weighted by molar-refractivity contribution is 0.293. The minimum atomic E-state index is 0.0521. The van der Waals surface area contributed by atoms with Crippen LogP contribution in [0.2, 0.25) is 0 Å². The Labute approximate surface area is 116 Å². The Hall–Kier alpha value is -1.60. The number of hydrogen-bond donors (Lipinski definition) is 1. The van der Waals surface area contributed by atoms with E-state index in [9.17, 15) is 0 Å². The molecule has 0 aliphatic rings. The van der Waals surface area contributed by atoms with Crippen LogP contribution in [0.25, 0.3) is 0 Å². The summed E-state index contributed by atoms with van der Waals surface area (Å²) in [5.41, 5.74) is 9.06. The van der Waals surface area contributed by atoms with E-state index in [1.165, 1.54) is 11.1 Å². The Morgan fingerprint density at radius 1 is 0.842 bits per heavy atom. The molecular weight excluding hydrogens is 230 g/mol. The van der Waals surface area contributed by atoms with Crippen molar-refractivity contribution in [3.8, 4) is 0 Å². The lowest BCUT2D eigenvalue weighted by Crippen LogP contribution is -2.35. The zero-order valence-corrected chi connectivity index (χ0v) is 12.0. The maximum atomic E-state index is 6.46. The minimum Gasteiger partial charge on any atom is -0.324 e. The first-order chi connectivity index (χ1) is 9.03. The van der Waals surface area contributed by atoms with Crippen LogP contribution in [0.4, 0.5) is 0 Å². The average Bonchev–Trinajstić information content (AvgIpc) is 2.47. The lowest BCUT2D eigenvalue weighted by atomic mass is 9.70. The molecule has 2 N–H and O–H groups in total. The third kappa shape index (κ3) is 2.87. The summed E-state index contributed by atoms with van der Waals surface area (Å²) >= 11 is 0. The monoisotopic (exact) mass is 253 g/mol. The highest BCUT2D eigenvalue weighted by Crippen LogP contribution is 2.37. The third-order valence-electron chi connectivity index (χ3n) is 4.38. The van der Waals surface area contributed by atoms with E-state index in [4.69, 9.17) is 5.73 Å². The van der Waals surface area contributed by atoms with Crippen LogP contribution in [0.1, 0.15) is 37.9 Å². The van der Waals surface area contributed by atoms with Gasteiger partial charge in [0, 0.05) is 6.04 Å². The van der Waals surface area contributed by atoms with Crippen LogP contribution in [-0.2, 0) is 5.41 Å². The van der Waals surface area contributed by atoms with Gasteiger partial charge in [-0.2, -0.15) is 0 Å². The molecule has 0 aliphatic heterocycles. The van der Waals surface area contributed by atoms with Crippen molar-refractivity contribution in [1.82, 2.24) is 0 Å². The number of rotatable bonds is 4. The Morgan fingerprint density at radius 3 is 1.84 bits per heavy atom. The molecule has 0 aromatic heterocycles. The quantitative estimate of drug-likeness (QED) is 0.863. The molecule has 0 heterocycles. The molecule has 2 rings (SSSR count). The van der Waals surface area contributed by atoms with E-state index in [2.05, 4.69) is 75.4 Å². The molecule has 2 atom stereocenters. The molecule has 0 amide bonds. The summed E-state index contributed by atoms with van der Waals surface area (Å²) in [6, 6.07) is 21.0. The van der Waals surface area contributed by atoms with Gasteiger partial charge >= 0.3 is 0 Å². The van der Waals surface area contributed by atoms with Gasteiger partial charge in [0.05, 0.1) is 0 Å². The smallest absolute Gasteiger partial charge is 0.0329 e. The van der Waals surface area contributed by atoms with Crippen molar-refractivity contribution in [2.75, 3.05) is 0 Å². The van der Waals surface area contributed by atoms with Crippen molar-refractivity contribution in [3.05, 3.63) is 71.8 Å². The fourth-order valence-electron chi connectivity index (χ4n) is 2.54. The molecule has 1 nitrogen and oxygen atoms in total. The zero-order valence-electron chi connectivity index (χ0n) is 12.0. The van der Waals surface area contributed by atoms with Gasteiger partial charge in [-0.25, -0.2) is 0 Å². The van der Waals surface area contributed by atoms with Crippen LogP contribution in [0, 0.1) is 5.92 Å². The second-order valence-corrected chi connectivity index (χ2v) is 5.81. The Balaban J connectivity index is 2.26. The molecule has 0 saturated heterocycles. The molecule has 2 unspecified atom stereocenters. The highest BCUT2D eigenvalue weighted by molar-refractivity contribution is 5.27. The highest BCUT2D eigenvalue weighted by atomic mass is 14.7. The molecular formula is C18H23N. The second-order valence-electron chi connectivity index (χ2n) is 5.81. The van der Waals surface area contributed by atoms with E-state index in [1.807, 2.05) is 6.07 Å². The van der Waals surface area contributed by atoms with Crippen molar-refractivity contribution in [3.63, 3.8) is 0 Å². The van der Waals surface area contributed by atoms with Gasteiger partial charge in [0.2, 0.25) is 0 Å². The van der Waals surface area contributed by atoms with E-state index in [-0.39, 0.29) is 11.5 Å². The number of hydrogen-bond acceptors (Lipinski definition) is 1. The van der Waals surface area contributed by atoms with Crippen molar-refractivity contribution in [2.24, 2.45) is 11.7 Å². The second kappa shape index (κ2) is 5.58. The van der Waals surface area contributed by atoms with Gasteiger partial charge in [-0.3, -0.25) is 0 Å². The number of benzene rings is 2. The van der Waals surface area contributed by atoms with Crippen molar-refractivity contribution < 1.29 is 0 Å². The first-order valence-corrected chi connectivity index (χ1v) is 6.89. The van der Waals surface area contributed by atoms with Crippen molar-refractivity contribution in [2.45, 2.75) is 32.2 Å². The molecule has 1 heteroatoms. The van der Waals surface area contributed by atoms with Crippen LogP contribution < -0.4 is 5.73 Å². The van der Waals surface area contributed by atoms with Crippen molar-refractivity contribution >= 4 is 0 Å². The van der Waals surface area contributed by atoms with E-state index in [0.717, 1.165) is 0 Å². The zero-order chi connectivity index (χ0) is 13.9. The molecule has 2 aromatic carbocycles.